The van der Waals surface area contributed by atoms with Crippen molar-refractivity contribution in [2.75, 3.05) is 6.54 Å². The maximum Gasteiger partial charge on any atom is 0.326 e. The van der Waals surface area contributed by atoms with E-state index in [1.54, 1.807) is 12.1 Å². The molecule has 1 aliphatic rings. The summed E-state index contributed by atoms with van der Waals surface area (Å²) >= 11 is 0. The van der Waals surface area contributed by atoms with Crippen molar-refractivity contribution >= 4 is 23.7 Å². The zero-order chi connectivity index (χ0) is 26.1. The number of amides is 3. The summed E-state index contributed by atoms with van der Waals surface area (Å²) in [6, 6.07) is 11.7. The van der Waals surface area contributed by atoms with Crippen molar-refractivity contribution in [2.24, 2.45) is 0 Å². The SMILES string of the molecule is C[C@H](NC(=O)[C@H](Cc1ccccc1)NC(=O)[C@@H]1CCCN1)C(=O)N[C@@H](Cc1ccc(O)cc1)C(=O)O. The van der Waals surface area contributed by atoms with Gasteiger partial charge < -0.3 is 31.5 Å². The number of nitrogens with one attached hydrogen (secondary N) is 4. The predicted molar refractivity (Wildman–Crippen MR) is 132 cm³/mol. The van der Waals surface area contributed by atoms with Gasteiger partial charge in [-0.05, 0) is 49.6 Å². The Kier molecular flexibility index (Phi) is 9.40. The van der Waals surface area contributed by atoms with Gasteiger partial charge in [-0.15, -0.1) is 0 Å². The fourth-order valence-corrected chi connectivity index (χ4v) is 3.98. The van der Waals surface area contributed by atoms with Crippen LogP contribution < -0.4 is 21.3 Å². The molecule has 0 aromatic heterocycles. The number of hydrogen-bond donors (Lipinski definition) is 6. The third-order valence-corrected chi connectivity index (χ3v) is 6.04. The lowest BCUT2D eigenvalue weighted by molar-refractivity contribution is -0.142. The van der Waals surface area contributed by atoms with Crippen molar-refractivity contribution in [1.29, 1.82) is 0 Å². The lowest BCUT2D eigenvalue weighted by Crippen LogP contribution is -2.57. The van der Waals surface area contributed by atoms with Crippen LogP contribution in [0.4, 0.5) is 0 Å². The van der Waals surface area contributed by atoms with Crippen LogP contribution >= 0.6 is 0 Å². The minimum atomic E-state index is -1.23. The molecular weight excluding hydrogens is 464 g/mol. The molecule has 0 saturated carbocycles. The molecule has 0 aliphatic carbocycles. The zero-order valence-electron chi connectivity index (χ0n) is 20.1. The number of phenolic OH excluding ortho intramolecular Hbond substituents is 1. The largest absolute Gasteiger partial charge is 0.508 e. The number of aromatic hydroxyl groups is 1. The van der Waals surface area contributed by atoms with Gasteiger partial charge in [-0.1, -0.05) is 42.5 Å². The van der Waals surface area contributed by atoms with Gasteiger partial charge in [0.1, 0.15) is 23.9 Å². The van der Waals surface area contributed by atoms with E-state index >= 15 is 0 Å². The third kappa shape index (κ3) is 7.81. The highest BCUT2D eigenvalue weighted by molar-refractivity contribution is 5.94. The number of benzene rings is 2. The first-order valence-electron chi connectivity index (χ1n) is 11.9. The van der Waals surface area contributed by atoms with Crippen LogP contribution in [0.15, 0.2) is 54.6 Å². The normalized spacial score (nSPS) is 17.4. The van der Waals surface area contributed by atoms with Crippen LogP contribution in [-0.2, 0) is 32.0 Å². The van der Waals surface area contributed by atoms with Gasteiger partial charge in [-0.3, -0.25) is 14.4 Å². The molecule has 1 fully saturated rings. The smallest absolute Gasteiger partial charge is 0.326 e. The highest BCUT2D eigenvalue weighted by atomic mass is 16.4. The molecule has 4 atom stereocenters. The summed E-state index contributed by atoms with van der Waals surface area (Å²) in [7, 11) is 0. The Balaban J connectivity index is 1.63. The molecule has 0 unspecified atom stereocenters. The number of carboxylic acid groups (broad SMARTS) is 1. The van der Waals surface area contributed by atoms with Crippen molar-refractivity contribution < 1.29 is 29.4 Å². The number of phenols is 1. The first-order valence-corrected chi connectivity index (χ1v) is 11.9. The van der Waals surface area contributed by atoms with Gasteiger partial charge in [0.2, 0.25) is 17.7 Å². The van der Waals surface area contributed by atoms with Crippen molar-refractivity contribution in [3.63, 3.8) is 0 Å². The minimum absolute atomic E-state index is 0.00307. The van der Waals surface area contributed by atoms with Gasteiger partial charge in [-0.2, -0.15) is 0 Å². The van der Waals surface area contributed by atoms with Crippen molar-refractivity contribution in [1.82, 2.24) is 21.3 Å². The number of carbonyl (C=O) groups is 4. The maximum atomic E-state index is 13.1. The van der Waals surface area contributed by atoms with E-state index in [9.17, 15) is 29.4 Å². The summed E-state index contributed by atoms with van der Waals surface area (Å²) in [5, 5.41) is 29.9. The van der Waals surface area contributed by atoms with E-state index in [4.69, 9.17) is 0 Å². The standard InChI is InChI=1S/C26H32N4O6/c1-16(23(32)30-22(26(35)36)15-18-9-11-19(31)12-10-18)28-25(34)21(14-17-6-3-2-4-7-17)29-24(33)20-8-5-13-27-20/h2-4,6-7,9-12,16,20-22,27,31H,5,8,13-15H2,1H3,(H,28,34)(H,29,33)(H,30,32)(H,35,36)/t16-,20-,21-,22-/m0/s1. The average molecular weight is 497 g/mol. The zero-order valence-corrected chi connectivity index (χ0v) is 20.1. The Morgan fingerprint density at radius 3 is 2.14 bits per heavy atom. The van der Waals surface area contributed by atoms with Crippen LogP contribution in [0.1, 0.15) is 30.9 Å². The lowest BCUT2D eigenvalue weighted by atomic mass is 10.0. The number of carboxylic acids is 1. The Morgan fingerprint density at radius 1 is 0.889 bits per heavy atom. The molecule has 0 radical (unpaired) electrons. The second kappa shape index (κ2) is 12.7. The summed E-state index contributed by atoms with van der Waals surface area (Å²) in [5.74, 6) is -2.67. The highest BCUT2D eigenvalue weighted by Crippen LogP contribution is 2.12. The fourth-order valence-electron chi connectivity index (χ4n) is 3.98. The van der Waals surface area contributed by atoms with E-state index in [0.29, 0.717) is 12.0 Å². The van der Waals surface area contributed by atoms with Crippen LogP contribution in [-0.4, -0.2) is 64.6 Å². The number of rotatable bonds is 11. The van der Waals surface area contributed by atoms with E-state index < -0.39 is 35.9 Å². The van der Waals surface area contributed by atoms with E-state index in [2.05, 4.69) is 21.3 Å². The van der Waals surface area contributed by atoms with E-state index in [1.165, 1.54) is 19.1 Å². The Hall–Kier alpha value is -3.92. The molecule has 1 saturated heterocycles. The van der Waals surface area contributed by atoms with E-state index in [0.717, 1.165) is 18.5 Å². The maximum absolute atomic E-state index is 13.1. The molecule has 0 bridgehead atoms. The molecule has 3 amide bonds. The predicted octanol–water partition coefficient (Wildman–Crippen LogP) is 0.488. The third-order valence-electron chi connectivity index (χ3n) is 6.04. The van der Waals surface area contributed by atoms with Gasteiger partial charge in [-0.25, -0.2) is 4.79 Å². The highest BCUT2D eigenvalue weighted by Gasteiger charge is 2.30. The van der Waals surface area contributed by atoms with Crippen LogP contribution in [0.2, 0.25) is 0 Å². The van der Waals surface area contributed by atoms with Gasteiger partial charge in [0.15, 0.2) is 0 Å². The van der Waals surface area contributed by atoms with Crippen molar-refractivity contribution in [3.8, 4) is 5.75 Å². The molecular formula is C26H32N4O6. The minimum Gasteiger partial charge on any atom is -0.508 e. The van der Waals surface area contributed by atoms with E-state index in [-0.39, 0.29) is 30.5 Å². The number of hydrogen-bond acceptors (Lipinski definition) is 6. The first-order chi connectivity index (χ1) is 17.2. The molecule has 2 aromatic carbocycles. The average Bonchev–Trinajstić information content (AvgIpc) is 3.40. The first kappa shape index (κ1) is 26.7. The van der Waals surface area contributed by atoms with Crippen LogP contribution in [0.5, 0.6) is 5.75 Å². The molecule has 10 nitrogen and oxygen atoms in total. The summed E-state index contributed by atoms with van der Waals surface area (Å²) < 4.78 is 0. The van der Waals surface area contributed by atoms with Crippen LogP contribution in [0, 0.1) is 0 Å². The Morgan fingerprint density at radius 2 is 1.53 bits per heavy atom. The van der Waals surface area contributed by atoms with Gasteiger partial charge >= 0.3 is 5.97 Å². The monoisotopic (exact) mass is 496 g/mol. The van der Waals surface area contributed by atoms with Crippen LogP contribution in [0.3, 0.4) is 0 Å². The lowest BCUT2D eigenvalue weighted by Gasteiger charge is -2.23. The Labute approximate surface area is 209 Å². The van der Waals surface area contributed by atoms with Crippen LogP contribution in [0.25, 0.3) is 0 Å². The van der Waals surface area contributed by atoms with Gasteiger partial charge in [0.25, 0.3) is 0 Å². The van der Waals surface area contributed by atoms with Gasteiger partial charge in [0.05, 0.1) is 6.04 Å². The summed E-state index contributed by atoms with van der Waals surface area (Å²) in [4.78, 5) is 50.2. The molecule has 3 rings (SSSR count). The molecule has 36 heavy (non-hydrogen) atoms. The summed E-state index contributed by atoms with van der Waals surface area (Å²) in [5.41, 5.74) is 1.46. The second-order valence-corrected chi connectivity index (χ2v) is 8.90. The number of aliphatic carboxylic acids is 1. The fraction of sp³-hybridized carbons (Fsp3) is 0.385. The summed E-state index contributed by atoms with van der Waals surface area (Å²) in [6.07, 6.45) is 1.79. The quantitative estimate of drug-likeness (QED) is 0.264. The van der Waals surface area contributed by atoms with Crippen molar-refractivity contribution in [3.05, 3.63) is 65.7 Å². The molecule has 6 N–H and O–H groups in total. The van der Waals surface area contributed by atoms with E-state index in [1.807, 2.05) is 30.3 Å². The Bertz CT molecular complexity index is 1050. The topological polar surface area (TPSA) is 157 Å². The summed E-state index contributed by atoms with van der Waals surface area (Å²) in [6.45, 7) is 2.19. The second-order valence-electron chi connectivity index (χ2n) is 8.90. The molecule has 10 heteroatoms. The molecule has 2 aromatic rings. The van der Waals surface area contributed by atoms with Gasteiger partial charge in [0, 0.05) is 12.8 Å². The molecule has 1 aliphatic heterocycles. The molecule has 1 heterocycles. The number of carbonyl (C=O) groups excluding carboxylic acids is 3. The van der Waals surface area contributed by atoms with Crippen molar-refractivity contribution in [2.45, 2.75) is 56.8 Å². The molecule has 192 valence electrons. The molecule has 0 spiro atoms.